The maximum atomic E-state index is 5.69. The lowest BCUT2D eigenvalue weighted by molar-refractivity contribution is 0.202. The summed E-state index contributed by atoms with van der Waals surface area (Å²) >= 11 is 0. The third kappa shape index (κ3) is 3.55. The van der Waals surface area contributed by atoms with Crippen molar-refractivity contribution in [3.63, 3.8) is 0 Å². The van der Waals surface area contributed by atoms with Crippen LogP contribution in [0.4, 0.5) is 0 Å². The van der Waals surface area contributed by atoms with Crippen molar-refractivity contribution in [1.29, 1.82) is 0 Å². The molecule has 1 unspecified atom stereocenters. The molecular weight excluding hydrogens is 148 g/mol. The van der Waals surface area contributed by atoms with E-state index in [1.165, 1.54) is 25.8 Å². The summed E-state index contributed by atoms with van der Waals surface area (Å²) in [6.07, 6.45) is 5.47. The van der Waals surface area contributed by atoms with Crippen LogP contribution < -0.4 is 5.73 Å². The summed E-state index contributed by atoms with van der Waals surface area (Å²) in [5.41, 5.74) is 5.69. The summed E-state index contributed by atoms with van der Waals surface area (Å²) in [6.45, 7) is 4.53. The van der Waals surface area contributed by atoms with Crippen LogP contribution in [0.5, 0.6) is 0 Å². The Morgan fingerprint density at radius 2 is 2.17 bits per heavy atom. The molecule has 0 aliphatic heterocycles. The lowest BCUT2D eigenvalue weighted by Crippen LogP contribution is -2.32. The first-order valence-corrected chi connectivity index (χ1v) is 5.12. The molecule has 1 aliphatic carbocycles. The van der Waals surface area contributed by atoms with Crippen molar-refractivity contribution in [3.05, 3.63) is 0 Å². The average Bonchev–Trinajstić information content (AvgIpc) is 1.93. The monoisotopic (exact) mass is 170 g/mol. The van der Waals surface area contributed by atoms with Crippen LogP contribution in [-0.4, -0.2) is 31.1 Å². The lowest BCUT2D eigenvalue weighted by atomic mass is 9.85. The predicted molar refractivity (Wildman–Crippen MR) is 53.1 cm³/mol. The highest BCUT2D eigenvalue weighted by Gasteiger charge is 2.18. The molecule has 0 saturated heterocycles. The van der Waals surface area contributed by atoms with Gasteiger partial charge in [0.2, 0.25) is 0 Å². The molecule has 0 aromatic carbocycles. The number of nitrogens with two attached hydrogens (primary N) is 1. The molecule has 0 aromatic rings. The van der Waals surface area contributed by atoms with Gasteiger partial charge >= 0.3 is 0 Å². The molecule has 0 amide bonds. The van der Waals surface area contributed by atoms with E-state index < -0.39 is 0 Å². The Bertz CT molecular complexity index is 119. The smallest absolute Gasteiger partial charge is 0.00226 e. The van der Waals surface area contributed by atoms with Gasteiger partial charge in [0.15, 0.2) is 0 Å². The Hall–Kier alpha value is -0.0800. The van der Waals surface area contributed by atoms with Crippen LogP contribution >= 0.6 is 0 Å². The number of nitrogens with zero attached hydrogens (tertiary/aromatic N) is 1. The van der Waals surface area contributed by atoms with Crippen molar-refractivity contribution >= 4 is 0 Å². The van der Waals surface area contributed by atoms with E-state index in [-0.39, 0.29) is 0 Å². The van der Waals surface area contributed by atoms with Crippen LogP contribution in [0.2, 0.25) is 0 Å². The zero-order valence-corrected chi connectivity index (χ0v) is 8.42. The topological polar surface area (TPSA) is 29.3 Å². The van der Waals surface area contributed by atoms with E-state index in [0.717, 1.165) is 18.9 Å². The van der Waals surface area contributed by atoms with Gasteiger partial charge in [0.1, 0.15) is 0 Å². The first-order valence-electron chi connectivity index (χ1n) is 5.12. The maximum Gasteiger partial charge on any atom is 0.00226 e. The normalized spacial score (nSPS) is 21.0. The molecule has 2 N–H and O–H groups in total. The van der Waals surface area contributed by atoms with Gasteiger partial charge in [-0.2, -0.15) is 0 Å². The maximum absolute atomic E-state index is 5.69. The number of hydrogen-bond donors (Lipinski definition) is 1. The zero-order chi connectivity index (χ0) is 8.97. The standard InChI is InChI=1S/C10H22N2/c1-9(11)6-7-12(2)8-10-4-3-5-10/h9-10H,3-8,11H2,1-2H3. The van der Waals surface area contributed by atoms with E-state index in [1.54, 1.807) is 0 Å². The zero-order valence-electron chi connectivity index (χ0n) is 8.42. The minimum Gasteiger partial charge on any atom is -0.328 e. The van der Waals surface area contributed by atoms with Crippen molar-refractivity contribution < 1.29 is 0 Å². The molecule has 72 valence electrons. The Labute approximate surface area is 76.1 Å². The molecule has 0 aromatic heterocycles. The molecule has 2 heteroatoms. The number of rotatable bonds is 5. The SMILES string of the molecule is CC(N)CCN(C)CC1CCC1. The minimum atomic E-state index is 0.355. The first-order chi connectivity index (χ1) is 5.68. The van der Waals surface area contributed by atoms with Gasteiger partial charge in [-0.05, 0) is 45.7 Å². The highest BCUT2D eigenvalue weighted by atomic mass is 15.1. The Morgan fingerprint density at radius 3 is 2.58 bits per heavy atom. The van der Waals surface area contributed by atoms with Gasteiger partial charge in [-0.25, -0.2) is 0 Å². The summed E-state index contributed by atoms with van der Waals surface area (Å²) in [4.78, 5) is 2.42. The van der Waals surface area contributed by atoms with Gasteiger partial charge in [-0.15, -0.1) is 0 Å². The van der Waals surface area contributed by atoms with Crippen LogP contribution in [0, 0.1) is 5.92 Å². The van der Waals surface area contributed by atoms with Gasteiger partial charge in [-0.3, -0.25) is 0 Å². The molecule has 1 fully saturated rings. The second-order valence-corrected chi connectivity index (χ2v) is 4.33. The van der Waals surface area contributed by atoms with Crippen LogP contribution in [0.1, 0.15) is 32.6 Å². The minimum absolute atomic E-state index is 0.355. The summed E-state index contributed by atoms with van der Waals surface area (Å²) < 4.78 is 0. The molecule has 1 saturated carbocycles. The molecule has 12 heavy (non-hydrogen) atoms. The first kappa shape index (κ1) is 10.0. The molecule has 1 aliphatic rings. The van der Waals surface area contributed by atoms with Crippen molar-refractivity contribution in [2.45, 2.75) is 38.6 Å². The quantitative estimate of drug-likeness (QED) is 0.677. The fraction of sp³-hybridized carbons (Fsp3) is 1.00. The van der Waals surface area contributed by atoms with Gasteiger partial charge < -0.3 is 10.6 Å². The van der Waals surface area contributed by atoms with E-state index in [4.69, 9.17) is 5.73 Å². The summed E-state index contributed by atoms with van der Waals surface area (Å²) in [7, 11) is 2.21. The van der Waals surface area contributed by atoms with Gasteiger partial charge in [0, 0.05) is 12.6 Å². The molecule has 0 bridgehead atoms. The third-order valence-corrected chi connectivity index (χ3v) is 2.76. The Kier molecular flexibility index (Phi) is 4.02. The van der Waals surface area contributed by atoms with Gasteiger partial charge in [0.25, 0.3) is 0 Å². The van der Waals surface area contributed by atoms with Crippen molar-refractivity contribution in [3.8, 4) is 0 Å². The second kappa shape index (κ2) is 4.83. The molecule has 1 atom stereocenters. The van der Waals surface area contributed by atoms with E-state index in [9.17, 15) is 0 Å². The second-order valence-electron chi connectivity index (χ2n) is 4.33. The van der Waals surface area contributed by atoms with Crippen LogP contribution in [0.15, 0.2) is 0 Å². The largest absolute Gasteiger partial charge is 0.328 e. The molecular formula is C10H22N2. The summed E-state index contributed by atoms with van der Waals surface area (Å²) in [6, 6.07) is 0.355. The van der Waals surface area contributed by atoms with Crippen LogP contribution in [0.25, 0.3) is 0 Å². The number of hydrogen-bond acceptors (Lipinski definition) is 2. The third-order valence-electron chi connectivity index (χ3n) is 2.76. The highest BCUT2D eigenvalue weighted by Crippen LogP contribution is 2.26. The van der Waals surface area contributed by atoms with Crippen molar-refractivity contribution in [1.82, 2.24) is 4.90 Å². The van der Waals surface area contributed by atoms with E-state index in [0.29, 0.717) is 6.04 Å². The highest BCUT2D eigenvalue weighted by molar-refractivity contribution is 4.72. The molecule has 0 spiro atoms. The molecule has 1 rings (SSSR count). The Balaban J connectivity index is 1.98. The predicted octanol–water partition coefficient (Wildman–Crippen LogP) is 1.46. The van der Waals surface area contributed by atoms with E-state index in [1.807, 2.05) is 0 Å². The molecule has 2 nitrogen and oxygen atoms in total. The average molecular weight is 170 g/mol. The van der Waals surface area contributed by atoms with Crippen molar-refractivity contribution in [2.24, 2.45) is 11.7 Å². The summed E-state index contributed by atoms with van der Waals surface area (Å²) in [5, 5.41) is 0. The fourth-order valence-corrected chi connectivity index (χ4v) is 1.63. The lowest BCUT2D eigenvalue weighted by Gasteiger charge is -2.30. The van der Waals surface area contributed by atoms with E-state index in [2.05, 4.69) is 18.9 Å². The molecule has 0 radical (unpaired) electrons. The van der Waals surface area contributed by atoms with Crippen LogP contribution in [0.3, 0.4) is 0 Å². The van der Waals surface area contributed by atoms with Gasteiger partial charge in [0.05, 0.1) is 0 Å². The van der Waals surface area contributed by atoms with Crippen molar-refractivity contribution in [2.75, 3.05) is 20.1 Å². The van der Waals surface area contributed by atoms with Gasteiger partial charge in [-0.1, -0.05) is 6.42 Å². The summed E-state index contributed by atoms with van der Waals surface area (Å²) in [5.74, 6) is 0.989. The van der Waals surface area contributed by atoms with Crippen LogP contribution in [-0.2, 0) is 0 Å². The van der Waals surface area contributed by atoms with E-state index >= 15 is 0 Å². The fourth-order valence-electron chi connectivity index (χ4n) is 1.63. The Morgan fingerprint density at radius 1 is 1.50 bits per heavy atom. The molecule has 0 heterocycles.